The fourth-order valence-corrected chi connectivity index (χ4v) is 2.90. The molecule has 3 aromatic rings. The van der Waals surface area contributed by atoms with Crippen LogP contribution in [0, 0.1) is 0 Å². The molecule has 156 valence electrons. The molecule has 0 unspecified atom stereocenters. The topological polar surface area (TPSA) is 108 Å². The number of nitrogens with two attached hydrogens (primary N) is 1. The van der Waals surface area contributed by atoms with Crippen LogP contribution in [0.2, 0.25) is 5.02 Å². The number of ether oxygens (including phenoxy) is 2. The van der Waals surface area contributed by atoms with Crippen molar-refractivity contribution in [3.05, 3.63) is 70.5 Å². The van der Waals surface area contributed by atoms with Gasteiger partial charge in [0, 0.05) is 28.9 Å². The number of carbonyl (C=O) groups is 2. The SMILES string of the molecule is CCn1cc(NC(=O)c2ccc(OC)c(COc3ccc(Cl)cc3)c2)c(C(N)=O)n1. The van der Waals surface area contributed by atoms with Gasteiger partial charge in [-0.25, -0.2) is 0 Å². The van der Waals surface area contributed by atoms with E-state index in [-0.39, 0.29) is 18.0 Å². The molecule has 0 saturated carbocycles. The van der Waals surface area contributed by atoms with Crippen LogP contribution in [0.15, 0.2) is 48.7 Å². The second kappa shape index (κ2) is 9.32. The van der Waals surface area contributed by atoms with Gasteiger partial charge in [-0.2, -0.15) is 5.10 Å². The van der Waals surface area contributed by atoms with Crippen molar-refractivity contribution in [1.82, 2.24) is 9.78 Å². The van der Waals surface area contributed by atoms with Crippen LogP contribution in [0.5, 0.6) is 11.5 Å². The summed E-state index contributed by atoms with van der Waals surface area (Å²) in [5.41, 5.74) is 6.66. The predicted molar refractivity (Wildman–Crippen MR) is 113 cm³/mol. The fraction of sp³-hybridized carbons (Fsp3) is 0.190. The van der Waals surface area contributed by atoms with E-state index in [2.05, 4.69) is 10.4 Å². The molecule has 2 amide bonds. The highest BCUT2D eigenvalue weighted by Gasteiger charge is 2.18. The average Bonchev–Trinajstić information content (AvgIpc) is 3.16. The number of anilines is 1. The van der Waals surface area contributed by atoms with Crippen molar-refractivity contribution >= 4 is 29.1 Å². The van der Waals surface area contributed by atoms with Gasteiger partial charge in [-0.3, -0.25) is 14.3 Å². The molecule has 0 spiro atoms. The summed E-state index contributed by atoms with van der Waals surface area (Å²) in [5.74, 6) is 0.0827. The number of halogens is 1. The second-order valence-corrected chi connectivity index (χ2v) is 6.77. The summed E-state index contributed by atoms with van der Waals surface area (Å²) < 4.78 is 12.7. The number of rotatable bonds is 8. The van der Waals surface area contributed by atoms with Gasteiger partial charge in [-0.05, 0) is 49.4 Å². The van der Waals surface area contributed by atoms with Crippen molar-refractivity contribution in [2.75, 3.05) is 12.4 Å². The minimum atomic E-state index is -0.718. The number of benzene rings is 2. The molecule has 9 heteroatoms. The predicted octanol–water partition coefficient (Wildman–Crippen LogP) is 3.50. The minimum absolute atomic E-state index is 0.00464. The van der Waals surface area contributed by atoms with E-state index in [1.807, 2.05) is 6.92 Å². The van der Waals surface area contributed by atoms with Gasteiger partial charge in [0.2, 0.25) is 0 Å². The molecule has 0 bridgehead atoms. The van der Waals surface area contributed by atoms with Crippen LogP contribution in [0.25, 0.3) is 0 Å². The van der Waals surface area contributed by atoms with E-state index in [4.69, 9.17) is 26.8 Å². The third kappa shape index (κ3) is 4.90. The smallest absolute Gasteiger partial charge is 0.271 e. The molecular weight excluding hydrogens is 408 g/mol. The lowest BCUT2D eigenvalue weighted by Gasteiger charge is -2.12. The van der Waals surface area contributed by atoms with Gasteiger partial charge in [0.05, 0.1) is 12.8 Å². The first-order valence-corrected chi connectivity index (χ1v) is 9.53. The van der Waals surface area contributed by atoms with E-state index in [0.717, 1.165) is 0 Å². The summed E-state index contributed by atoms with van der Waals surface area (Å²) in [6.07, 6.45) is 1.56. The summed E-state index contributed by atoms with van der Waals surface area (Å²) in [5, 5.41) is 7.37. The molecule has 0 radical (unpaired) electrons. The van der Waals surface area contributed by atoms with Gasteiger partial charge < -0.3 is 20.5 Å². The number of amides is 2. The highest BCUT2D eigenvalue weighted by atomic mass is 35.5. The minimum Gasteiger partial charge on any atom is -0.496 e. The van der Waals surface area contributed by atoms with E-state index in [9.17, 15) is 9.59 Å². The van der Waals surface area contributed by atoms with Gasteiger partial charge in [-0.1, -0.05) is 11.6 Å². The first-order valence-electron chi connectivity index (χ1n) is 9.15. The van der Waals surface area contributed by atoms with Crippen LogP contribution in [-0.2, 0) is 13.2 Å². The summed E-state index contributed by atoms with van der Waals surface area (Å²) in [6, 6.07) is 11.9. The number of aromatic nitrogens is 2. The summed E-state index contributed by atoms with van der Waals surface area (Å²) >= 11 is 5.89. The second-order valence-electron chi connectivity index (χ2n) is 6.33. The third-order valence-electron chi connectivity index (χ3n) is 4.32. The van der Waals surface area contributed by atoms with Gasteiger partial charge >= 0.3 is 0 Å². The van der Waals surface area contributed by atoms with E-state index in [1.165, 1.54) is 4.68 Å². The van der Waals surface area contributed by atoms with Crippen LogP contribution in [0.3, 0.4) is 0 Å². The number of hydrogen-bond donors (Lipinski definition) is 2. The maximum Gasteiger partial charge on any atom is 0.271 e. The summed E-state index contributed by atoms with van der Waals surface area (Å²) in [6.45, 7) is 2.58. The summed E-state index contributed by atoms with van der Waals surface area (Å²) in [7, 11) is 1.54. The van der Waals surface area contributed by atoms with Gasteiger partial charge in [-0.15, -0.1) is 0 Å². The number of carbonyl (C=O) groups excluding carboxylic acids is 2. The Hall–Kier alpha value is -3.52. The maximum absolute atomic E-state index is 12.8. The van der Waals surface area contributed by atoms with E-state index in [1.54, 1.807) is 55.8 Å². The molecule has 0 saturated heterocycles. The normalized spacial score (nSPS) is 10.5. The zero-order valence-electron chi connectivity index (χ0n) is 16.5. The zero-order valence-corrected chi connectivity index (χ0v) is 17.3. The number of primary amides is 1. The van der Waals surface area contributed by atoms with Crippen LogP contribution in [0.4, 0.5) is 5.69 Å². The highest BCUT2D eigenvalue weighted by Crippen LogP contribution is 2.24. The fourth-order valence-electron chi connectivity index (χ4n) is 2.78. The van der Waals surface area contributed by atoms with Crippen molar-refractivity contribution in [3.63, 3.8) is 0 Å². The molecule has 0 aliphatic heterocycles. The first-order chi connectivity index (χ1) is 14.4. The van der Waals surface area contributed by atoms with Crippen LogP contribution >= 0.6 is 11.6 Å². The van der Waals surface area contributed by atoms with Crippen molar-refractivity contribution in [2.24, 2.45) is 5.73 Å². The molecule has 8 nitrogen and oxygen atoms in total. The Bertz CT molecular complexity index is 1060. The molecule has 0 fully saturated rings. The summed E-state index contributed by atoms with van der Waals surface area (Å²) in [4.78, 5) is 24.4. The Balaban J connectivity index is 1.80. The molecule has 2 aromatic carbocycles. The van der Waals surface area contributed by atoms with Crippen LogP contribution < -0.4 is 20.5 Å². The number of aryl methyl sites for hydroxylation is 1. The monoisotopic (exact) mass is 428 g/mol. The molecule has 0 aliphatic carbocycles. The number of nitrogens with one attached hydrogen (secondary N) is 1. The zero-order chi connectivity index (χ0) is 21.7. The lowest BCUT2D eigenvalue weighted by atomic mass is 10.1. The lowest BCUT2D eigenvalue weighted by molar-refractivity contribution is 0.0995. The molecular formula is C21H21ClN4O4. The van der Waals surface area contributed by atoms with Crippen molar-refractivity contribution in [2.45, 2.75) is 20.1 Å². The van der Waals surface area contributed by atoms with Crippen LogP contribution in [-0.4, -0.2) is 28.7 Å². The Kier molecular flexibility index (Phi) is 6.58. The van der Waals surface area contributed by atoms with Crippen molar-refractivity contribution < 1.29 is 19.1 Å². The first kappa shape index (κ1) is 21.2. The molecule has 1 aromatic heterocycles. The van der Waals surface area contributed by atoms with E-state index >= 15 is 0 Å². The Morgan fingerprint density at radius 1 is 1.20 bits per heavy atom. The number of nitrogens with zero attached hydrogens (tertiary/aromatic N) is 2. The van der Waals surface area contributed by atoms with Crippen molar-refractivity contribution in [1.29, 1.82) is 0 Å². The lowest BCUT2D eigenvalue weighted by Crippen LogP contribution is -2.18. The third-order valence-corrected chi connectivity index (χ3v) is 4.57. The molecule has 0 aliphatic rings. The molecule has 30 heavy (non-hydrogen) atoms. The Labute approximate surface area is 178 Å². The quantitative estimate of drug-likeness (QED) is 0.570. The highest BCUT2D eigenvalue weighted by molar-refractivity contribution is 6.30. The number of methoxy groups -OCH3 is 1. The van der Waals surface area contributed by atoms with E-state index in [0.29, 0.717) is 34.2 Å². The standard InChI is InChI=1S/C21H21ClN4O4/c1-3-26-11-17(19(25-26)20(23)27)24-21(28)13-4-9-18(29-2)14(10-13)12-30-16-7-5-15(22)6-8-16/h4-11H,3,12H2,1-2H3,(H2,23,27)(H,24,28). The van der Waals surface area contributed by atoms with Gasteiger partial charge in [0.15, 0.2) is 5.69 Å². The largest absolute Gasteiger partial charge is 0.496 e. The van der Waals surface area contributed by atoms with Crippen molar-refractivity contribution in [3.8, 4) is 11.5 Å². The molecule has 1 heterocycles. The van der Waals surface area contributed by atoms with Crippen LogP contribution in [0.1, 0.15) is 33.3 Å². The van der Waals surface area contributed by atoms with E-state index < -0.39 is 11.8 Å². The maximum atomic E-state index is 12.8. The number of hydrogen-bond acceptors (Lipinski definition) is 5. The Morgan fingerprint density at radius 3 is 2.57 bits per heavy atom. The molecule has 0 atom stereocenters. The van der Waals surface area contributed by atoms with Gasteiger partial charge in [0.25, 0.3) is 11.8 Å². The average molecular weight is 429 g/mol. The Morgan fingerprint density at radius 2 is 1.93 bits per heavy atom. The molecule has 3 N–H and O–H groups in total. The van der Waals surface area contributed by atoms with Gasteiger partial charge in [0.1, 0.15) is 18.1 Å². The molecule has 3 rings (SSSR count).